The number of anilines is 1. The summed E-state index contributed by atoms with van der Waals surface area (Å²) in [4.78, 5) is 22.5. The molecule has 5 heteroatoms. The number of esters is 1. The van der Waals surface area contributed by atoms with Crippen molar-refractivity contribution in [1.82, 2.24) is 9.97 Å². The lowest BCUT2D eigenvalue weighted by molar-refractivity contribution is -0.146. The number of nitrogens with zero attached hydrogens (tertiary/aromatic N) is 3. The molecule has 2 rings (SSSR count). The highest BCUT2D eigenvalue weighted by Gasteiger charge is 2.26. The van der Waals surface area contributed by atoms with E-state index in [4.69, 9.17) is 4.74 Å². The van der Waals surface area contributed by atoms with Gasteiger partial charge in [-0.05, 0) is 24.7 Å². The number of aromatic nitrogens is 2. The SMILES string of the molecule is COC(=O)C1CCN(c2cc(CC(C)(C)C)ncn2)CC1. The largest absolute Gasteiger partial charge is 0.469 e. The molecule has 0 aromatic carbocycles. The molecule has 0 unspecified atom stereocenters. The smallest absolute Gasteiger partial charge is 0.308 e. The minimum Gasteiger partial charge on any atom is -0.469 e. The Kier molecular flexibility index (Phi) is 4.80. The summed E-state index contributed by atoms with van der Waals surface area (Å²) in [7, 11) is 1.46. The van der Waals surface area contributed by atoms with Crippen molar-refractivity contribution in [1.29, 1.82) is 0 Å². The number of hydrogen-bond donors (Lipinski definition) is 0. The van der Waals surface area contributed by atoms with Gasteiger partial charge in [-0.15, -0.1) is 0 Å². The molecule has 5 nitrogen and oxygen atoms in total. The van der Waals surface area contributed by atoms with Crippen LogP contribution >= 0.6 is 0 Å². The number of carbonyl (C=O) groups excluding carboxylic acids is 1. The number of piperidine rings is 1. The van der Waals surface area contributed by atoms with Gasteiger partial charge in [0.2, 0.25) is 0 Å². The minimum atomic E-state index is -0.0919. The summed E-state index contributed by atoms with van der Waals surface area (Å²) >= 11 is 0. The molecule has 0 amide bonds. The first kappa shape index (κ1) is 15.7. The van der Waals surface area contributed by atoms with Gasteiger partial charge in [0.1, 0.15) is 12.1 Å². The van der Waals surface area contributed by atoms with Crippen molar-refractivity contribution >= 4 is 11.8 Å². The van der Waals surface area contributed by atoms with E-state index in [9.17, 15) is 4.79 Å². The predicted octanol–water partition coefficient (Wildman–Crippen LogP) is 2.45. The highest BCUT2D eigenvalue weighted by Crippen LogP contribution is 2.25. The van der Waals surface area contributed by atoms with Crippen molar-refractivity contribution in [3.8, 4) is 0 Å². The van der Waals surface area contributed by atoms with Crippen LogP contribution in [0.1, 0.15) is 39.3 Å². The summed E-state index contributed by atoms with van der Waals surface area (Å²) in [5.41, 5.74) is 1.28. The first-order valence-electron chi connectivity index (χ1n) is 7.53. The molecule has 0 radical (unpaired) electrons. The normalized spacial score (nSPS) is 16.9. The van der Waals surface area contributed by atoms with Gasteiger partial charge < -0.3 is 9.64 Å². The Balaban J connectivity index is 2.00. The molecule has 2 heterocycles. The molecule has 0 saturated carbocycles. The molecule has 1 aliphatic heterocycles. The van der Waals surface area contributed by atoms with Gasteiger partial charge in [0.15, 0.2) is 0 Å². The van der Waals surface area contributed by atoms with Crippen LogP contribution in [0.5, 0.6) is 0 Å². The van der Waals surface area contributed by atoms with Crippen molar-refractivity contribution in [2.45, 2.75) is 40.0 Å². The zero-order valence-corrected chi connectivity index (χ0v) is 13.4. The first-order valence-corrected chi connectivity index (χ1v) is 7.53. The van der Waals surface area contributed by atoms with Gasteiger partial charge in [-0.3, -0.25) is 4.79 Å². The average Bonchev–Trinajstić information content (AvgIpc) is 2.45. The quantitative estimate of drug-likeness (QED) is 0.801. The van der Waals surface area contributed by atoms with Crippen LogP contribution in [0.25, 0.3) is 0 Å². The van der Waals surface area contributed by atoms with Gasteiger partial charge in [0, 0.05) is 24.8 Å². The maximum atomic E-state index is 11.6. The van der Waals surface area contributed by atoms with Gasteiger partial charge in [-0.1, -0.05) is 20.8 Å². The topological polar surface area (TPSA) is 55.3 Å². The summed E-state index contributed by atoms with van der Waals surface area (Å²) in [6.07, 6.45) is 4.22. The third-order valence-electron chi connectivity index (χ3n) is 3.77. The fraction of sp³-hybridized carbons (Fsp3) is 0.688. The number of methoxy groups -OCH3 is 1. The maximum absolute atomic E-state index is 11.6. The maximum Gasteiger partial charge on any atom is 0.308 e. The summed E-state index contributed by atoms with van der Waals surface area (Å²) in [6.45, 7) is 8.29. The Bertz CT molecular complexity index is 489. The second-order valence-corrected chi connectivity index (χ2v) is 6.89. The lowest BCUT2D eigenvalue weighted by Crippen LogP contribution is -2.37. The molecule has 1 aliphatic rings. The van der Waals surface area contributed by atoms with Crippen LogP contribution in [-0.4, -0.2) is 36.1 Å². The summed E-state index contributed by atoms with van der Waals surface area (Å²) < 4.78 is 4.82. The third kappa shape index (κ3) is 4.41. The lowest BCUT2D eigenvalue weighted by atomic mass is 9.90. The van der Waals surface area contributed by atoms with E-state index in [-0.39, 0.29) is 17.3 Å². The molecular formula is C16H25N3O2. The van der Waals surface area contributed by atoms with Gasteiger partial charge in [-0.2, -0.15) is 0 Å². The molecule has 21 heavy (non-hydrogen) atoms. The highest BCUT2D eigenvalue weighted by molar-refractivity contribution is 5.72. The van der Waals surface area contributed by atoms with Crippen molar-refractivity contribution in [3.05, 3.63) is 18.1 Å². The second-order valence-electron chi connectivity index (χ2n) is 6.89. The second kappa shape index (κ2) is 6.41. The predicted molar refractivity (Wildman–Crippen MR) is 82.1 cm³/mol. The zero-order valence-electron chi connectivity index (χ0n) is 13.4. The molecule has 1 aromatic heterocycles. The Morgan fingerprint density at radius 2 is 2.00 bits per heavy atom. The van der Waals surface area contributed by atoms with E-state index in [0.29, 0.717) is 0 Å². The van der Waals surface area contributed by atoms with Gasteiger partial charge in [0.05, 0.1) is 13.0 Å². The molecule has 0 bridgehead atoms. The zero-order chi connectivity index (χ0) is 15.5. The van der Waals surface area contributed by atoms with Crippen LogP contribution in [0.15, 0.2) is 12.4 Å². The third-order valence-corrected chi connectivity index (χ3v) is 3.77. The van der Waals surface area contributed by atoms with Crippen molar-refractivity contribution in [2.75, 3.05) is 25.1 Å². The van der Waals surface area contributed by atoms with E-state index in [1.165, 1.54) is 7.11 Å². The Morgan fingerprint density at radius 1 is 1.33 bits per heavy atom. The fourth-order valence-electron chi connectivity index (χ4n) is 2.71. The monoisotopic (exact) mass is 291 g/mol. The average molecular weight is 291 g/mol. The van der Waals surface area contributed by atoms with Crippen LogP contribution in [0.3, 0.4) is 0 Å². The summed E-state index contributed by atoms with van der Waals surface area (Å²) in [5, 5.41) is 0. The molecular weight excluding hydrogens is 266 g/mol. The van der Waals surface area contributed by atoms with E-state index >= 15 is 0 Å². The van der Waals surface area contributed by atoms with E-state index in [0.717, 1.165) is 43.9 Å². The first-order chi connectivity index (χ1) is 9.89. The molecule has 0 spiro atoms. The molecule has 0 N–H and O–H groups in total. The Morgan fingerprint density at radius 3 is 2.57 bits per heavy atom. The Labute approximate surface area is 126 Å². The fourth-order valence-corrected chi connectivity index (χ4v) is 2.71. The van der Waals surface area contributed by atoms with Gasteiger partial charge in [0.25, 0.3) is 0 Å². The van der Waals surface area contributed by atoms with E-state index in [1.54, 1.807) is 6.33 Å². The summed E-state index contributed by atoms with van der Waals surface area (Å²) in [5.74, 6) is 0.903. The van der Waals surface area contributed by atoms with Crippen molar-refractivity contribution < 1.29 is 9.53 Å². The van der Waals surface area contributed by atoms with Crippen molar-refractivity contribution in [3.63, 3.8) is 0 Å². The number of ether oxygens (including phenoxy) is 1. The molecule has 0 aliphatic carbocycles. The van der Waals surface area contributed by atoms with Crippen LogP contribution in [-0.2, 0) is 16.0 Å². The van der Waals surface area contributed by atoms with Crippen LogP contribution in [0, 0.1) is 11.3 Å². The number of carbonyl (C=O) groups is 1. The van der Waals surface area contributed by atoms with Crippen LogP contribution in [0.4, 0.5) is 5.82 Å². The number of hydrogen-bond acceptors (Lipinski definition) is 5. The molecule has 1 fully saturated rings. The van der Waals surface area contributed by atoms with Gasteiger partial charge >= 0.3 is 5.97 Å². The molecule has 116 valence electrons. The highest BCUT2D eigenvalue weighted by atomic mass is 16.5. The van der Waals surface area contributed by atoms with E-state index < -0.39 is 0 Å². The standard InChI is InChI=1S/C16H25N3O2/c1-16(2,3)10-13-9-14(18-11-17-13)19-7-5-12(6-8-19)15(20)21-4/h9,11-12H,5-8,10H2,1-4H3. The van der Waals surface area contributed by atoms with E-state index in [1.807, 2.05) is 0 Å². The lowest BCUT2D eigenvalue weighted by Gasteiger charge is -2.31. The van der Waals surface area contributed by atoms with Crippen LogP contribution < -0.4 is 4.90 Å². The summed E-state index contributed by atoms with van der Waals surface area (Å²) in [6, 6.07) is 2.07. The number of rotatable bonds is 3. The molecule has 1 saturated heterocycles. The van der Waals surface area contributed by atoms with Crippen LogP contribution in [0.2, 0.25) is 0 Å². The molecule has 0 atom stereocenters. The molecule has 1 aromatic rings. The Hall–Kier alpha value is -1.65. The van der Waals surface area contributed by atoms with Crippen molar-refractivity contribution in [2.24, 2.45) is 11.3 Å². The van der Waals surface area contributed by atoms with Gasteiger partial charge in [-0.25, -0.2) is 9.97 Å². The minimum absolute atomic E-state index is 0.0298. The van der Waals surface area contributed by atoms with E-state index in [2.05, 4.69) is 41.7 Å².